The van der Waals surface area contributed by atoms with Crippen LogP contribution in [0.15, 0.2) is 12.1 Å². The highest BCUT2D eigenvalue weighted by Gasteiger charge is 2.11. The lowest BCUT2D eigenvalue weighted by molar-refractivity contribution is 0.607. The minimum absolute atomic E-state index is 0.139. The molecule has 0 aliphatic carbocycles. The van der Waals surface area contributed by atoms with Gasteiger partial charge in [-0.15, -0.1) is 0 Å². The van der Waals surface area contributed by atoms with Gasteiger partial charge in [-0.1, -0.05) is 34.8 Å². The number of rotatable bonds is 2. The van der Waals surface area contributed by atoms with E-state index < -0.39 is 10.0 Å². The Morgan fingerprint density at radius 1 is 1.14 bits per heavy atom. The zero-order valence-electron chi connectivity index (χ0n) is 7.01. The molecule has 0 radical (unpaired) electrons. The Labute approximate surface area is 97.0 Å². The van der Waals surface area contributed by atoms with Crippen LogP contribution in [0.3, 0.4) is 0 Å². The summed E-state index contributed by atoms with van der Waals surface area (Å²) >= 11 is 17.1. The molecule has 0 saturated carbocycles. The van der Waals surface area contributed by atoms with Crippen molar-refractivity contribution in [1.29, 1.82) is 0 Å². The Hall–Kier alpha value is -0.160. The van der Waals surface area contributed by atoms with Crippen LogP contribution in [0.5, 0.6) is 0 Å². The first-order valence-corrected chi connectivity index (χ1v) is 6.44. The normalized spacial score (nSPS) is 11.4. The molecule has 0 unspecified atom stereocenters. The molecule has 0 aromatic heterocycles. The van der Waals surface area contributed by atoms with Gasteiger partial charge in [-0.3, -0.25) is 4.72 Å². The van der Waals surface area contributed by atoms with Gasteiger partial charge >= 0.3 is 0 Å². The highest BCUT2D eigenvalue weighted by atomic mass is 35.5. The molecule has 0 aliphatic heterocycles. The molecular formula is C7H6Cl3NO2S. The van der Waals surface area contributed by atoms with Crippen LogP contribution in [0.4, 0.5) is 5.69 Å². The number of halogens is 3. The van der Waals surface area contributed by atoms with Crippen molar-refractivity contribution in [3.63, 3.8) is 0 Å². The summed E-state index contributed by atoms with van der Waals surface area (Å²) in [6, 6.07) is 2.81. The van der Waals surface area contributed by atoms with E-state index in [-0.39, 0.29) is 15.7 Å². The second-order valence-electron chi connectivity index (χ2n) is 2.62. The van der Waals surface area contributed by atoms with E-state index in [9.17, 15) is 8.42 Å². The zero-order valence-corrected chi connectivity index (χ0v) is 10.1. The summed E-state index contributed by atoms with van der Waals surface area (Å²) < 4.78 is 24.1. The minimum atomic E-state index is -3.40. The molecule has 78 valence electrons. The van der Waals surface area contributed by atoms with E-state index in [0.29, 0.717) is 5.02 Å². The van der Waals surface area contributed by atoms with Crippen LogP contribution >= 0.6 is 34.8 Å². The lowest BCUT2D eigenvalue weighted by Crippen LogP contribution is -2.10. The molecule has 0 fully saturated rings. The van der Waals surface area contributed by atoms with E-state index in [4.69, 9.17) is 34.8 Å². The van der Waals surface area contributed by atoms with Crippen molar-refractivity contribution in [3.8, 4) is 0 Å². The molecule has 0 saturated heterocycles. The van der Waals surface area contributed by atoms with Gasteiger partial charge in [-0.2, -0.15) is 0 Å². The third kappa shape index (κ3) is 3.20. The molecule has 14 heavy (non-hydrogen) atoms. The van der Waals surface area contributed by atoms with Gasteiger partial charge in [0.2, 0.25) is 10.0 Å². The second-order valence-corrected chi connectivity index (χ2v) is 5.62. The van der Waals surface area contributed by atoms with Gasteiger partial charge in [-0.05, 0) is 12.1 Å². The topological polar surface area (TPSA) is 46.2 Å². The van der Waals surface area contributed by atoms with E-state index in [0.717, 1.165) is 6.26 Å². The minimum Gasteiger partial charge on any atom is -0.281 e. The Bertz CT molecular complexity index is 435. The maximum absolute atomic E-state index is 10.9. The van der Waals surface area contributed by atoms with Crippen molar-refractivity contribution >= 4 is 50.5 Å². The largest absolute Gasteiger partial charge is 0.281 e. The Morgan fingerprint density at radius 2 is 1.57 bits per heavy atom. The molecular weight excluding hydrogens is 269 g/mol. The van der Waals surface area contributed by atoms with Gasteiger partial charge in [0.25, 0.3) is 0 Å². The predicted molar refractivity (Wildman–Crippen MR) is 59.9 cm³/mol. The first kappa shape index (κ1) is 11.9. The number of hydrogen-bond donors (Lipinski definition) is 1. The number of nitrogens with one attached hydrogen (secondary N) is 1. The van der Waals surface area contributed by atoms with Gasteiger partial charge in [-0.25, -0.2) is 8.42 Å². The van der Waals surface area contributed by atoms with Crippen LogP contribution in [0, 0.1) is 0 Å². The summed E-state index contributed by atoms with van der Waals surface area (Å²) in [6.45, 7) is 0. The molecule has 1 rings (SSSR count). The van der Waals surface area contributed by atoms with E-state index in [1.54, 1.807) is 0 Å². The predicted octanol–water partition coefficient (Wildman–Crippen LogP) is 3.02. The van der Waals surface area contributed by atoms with E-state index in [2.05, 4.69) is 4.72 Å². The third-order valence-electron chi connectivity index (χ3n) is 1.29. The van der Waals surface area contributed by atoms with Crippen molar-refractivity contribution in [2.45, 2.75) is 0 Å². The van der Waals surface area contributed by atoms with Gasteiger partial charge in [0.1, 0.15) is 0 Å². The fourth-order valence-corrected chi connectivity index (χ4v) is 2.44. The van der Waals surface area contributed by atoms with Crippen LogP contribution in [-0.4, -0.2) is 14.7 Å². The molecule has 0 bridgehead atoms. The summed E-state index contributed by atoms with van der Waals surface area (Å²) in [4.78, 5) is 0. The van der Waals surface area contributed by atoms with Gasteiger partial charge in [0.15, 0.2) is 0 Å². The number of hydrogen-bond acceptors (Lipinski definition) is 2. The molecule has 0 aliphatic rings. The standard InChI is InChI=1S/C7H6Cl3NO2S/c1-14(12,13)11-7-5(9)2-4(8)3-6(7)10/h2-3,11H,1H3. The van der Waals surface area contributed by atoms with Crippen LogP contribution in [0.25, 0.3) is 0 Å². The molecule has 7 heteroatoms. The number of anilines is 1. The summed E-state index contributed by atoms with van der Waals surface area (Å²) in [5.74, 6) is 0. The van der Waals surface area contributed by atoms with Crippen molar-refractivity contribution < 1.29 is 8.42 Å². The van der Waals surface area contributed by atoms with E-state index in [1.165, 1.54) is 12.1 Å². The Balaban J connectivity index is 3.22. The quantitative estimate of drug-likeness (QED) is 0.901. The van der Waals surface area contributed by atoms with Crippen molar-refractivity contribution in [2.75, 3.05) is 11.0 Å². The summed E-state index contributed by atoms with van der Waals surface area (Å²) in [6.07, 6.45) is 1.01. The first-order chi connectivity index (χ1) is 6.29. The molecule has 1 N–H and O–H groups in total. The lowest BCUT2D eigenvalue weighted by atomic mass is 10.3. The number of sulfonamides is 1. The van der Waals surface area contributed by atoms with E-state index in [1.807, 2.05) is 0 Å². The summed E-state index contributed by atoms with van der Waals surface area (Å²) in [5.41, 5.74) is 0.139. The molecule has 1 aromatic rings. The molecule has 3 nitrogen and oxygen atoms in total. The SMILES string of the molecule is CS(=O)(=O)Nc1c(Cl)cc(Cl)cc1Cl. The molecule has 0 heterocycles. The van der Waals surface area contributed by atoms with Gasteiger partial charge < -0.3 is 0 Å². The second kappa shape index (κ2) is 4.14. The fraction of sp³-hybridized carbons (Fsp3) is 0.143. The lowest BCUT2D eigenvalue weighted by Gasteiger charge is -2.08. The average Bonchev–Trinajstić information content (AvgIpc) is 1.95. The maximum atomic E-state index is 10.9. The van der Waals surface area contributed by atoms with Crippen molar-refractivity contribution in [1.82, 2.24) is 0 Å². The molecule has 0 spiro atoms. The van der Waals surface area contributed by atoms with Crippen LogP contribution < -0.4 is 4.72 Å². The Kier molecular flexibility index (Phi) is 3.53. The molecule has 1 aromatic carbocycles. The highest BCUT2D eigenvalue weighted by molar-refractivity contribution is 7.92. The maximum Gasteiger partial charge on any atom is 0.229 e. The summed E-state index contributed by atoms with van der Waals surface area (Å²) in [5, 5.41) is 0.667. The van der Waals surface area contributed by atoms with Crippen LogP contribution in [0.1, 0.15) is 0 Å². The third-order valence-corrected chi connectivity index (χ3v) is 2.68. The van der Waals surface area contributed by atoms with Crippen LogP contribution in [-0.2, 0) is 10.0 Å². The molecule has 0 amide bonds. The molecule has 0 atom stereocenters. The highest BCUT2D eigenvalue weighted by Crippen LogP contribution is 2.33. The fourth-order valence-electron chi connectivity index (χ4n) is 0.825. The average molecular weight is 275 g/mol. The Morgan fingerprint density at radius 3 is 1.93 bits per heavy atom. The number of benzene rings is 1. The smallest absolute Gasteiger partial charge is 0.229 e. The van der Waals surface area contributed by atoms with Crippen molar-refractivity contribution in [3.05, 3.63) is 27.2 Å². The van der Waals surface area contributed by atoms with E-state index >= 15 is 0 Å². The van der Waals surface area contributed by atoms with Gasteiger partial charge in [0, 0.05) is 5.02 Å². The summed E-state index contributed by atoms with van der Waals surface area (Å²) in [7, 11) is -3.40. The first-order valence-electron chi connectivity index (χ1n) is 3.42. The van der Waals surface area contributed by atoms with Gasteiger partial charge in [0.05, 0.1) is 22.0 Å². The monoisotopic (exact) mass is 273 g/mol. The van der Waals surface area contributed by atoms with Crippen molar-refractivity contribution in [2.24, 2.45) is 0 Å². The van der Waals surface area contributed by atoms with Crippen LogP contribution in [0.2, 0.25) is 15.1 Å². The zero-order chi connectivity index (χ0) is 10.9.